The number of hydrogen-bond acceptors (Lipinski definition) is 3. The largest absolute Gasteiger partial charge is 0.384 e. The molecule has 2 atom stereocenters. The molecule has 114 valence electrons. The van der Waals surface area contributed by atoms with Gasteiger partial charge in [0.15, 0.2) is 0 Å². The van der Waals surface area contributed by atoms with Gasteiger partial charge in [0.25, 0.3) is 0 Å². The Hall–Kier alpha value is -0.810. The number of carbonyl (C=O) groups is 1. The predicted octanol–water partition coefficient (Wildman–Crippen LogP) is 1.10. The van der Waals surface area contributed by atoms with E-state index in [9.17, 15) is 4.79 Å². The van der Waals surface area contributed by atoms with Gasteiger partial charge >= 0.3 is 6.03 Å². The number of carbonyl (C=O) groups excluding carboxylic acids is 1. The van der Waals surface area contributed by atoms with Gasteiger partial charge in [-0.1, -0.05) is 0 Å². The predicted molar refractivity (Wildman–Crippen MR) is 77.7 cm³/mol. The number of hydrogen-bond donors (Lipinski definition) is 0. The van der Waals surface area contributed by atoms with Gasteiger partial charge in [-0.25, -0.2) is 4.79 Å². The Labute approximate surface area is 121 Å². The molecule has 3 rings (SSSR count). The average molecular weight is 281 g/mol. The van der Waals surface area contributed by atoms with E-state index in [0.29, 0.717) is 5.92 Å². The number of methoxy groups -OCH3 is 1. The minimum Gasteiger partial charge on any atom is -0.384 e. The zero-order valence-electron chi connectivity index (χ0n) is 12.8. The van der Waals surface area contributed by atoms with Crippen LogP contribution in [0.15, 0.2) is 0 Å². The zero-order chi connectivity index (χ0) is 14.2. The fraction of sp³-hybridized carbons (Fsp3) is 0.933. The van der Waals surface area contributed by atoms with Gasteiger partial charge in [0.2, 0.25) is 0 Å². The molecule has 2 amide bonds. The van der Waals surface area contributed by atoms with Gasteiger partial charge in [-0.3, -0.25) is 0 Å². The maximum Gasteiger partial charge on any atom is 0.320 e. The standard InChI is InChI=1S/C15H27N3O2/c1-16-9-13(10-20-2)15(11-16)5-8-18(12-15)14(19)17-6-3-4-7-17/h13H,3-12H2,1-2H3/t13-,15+/m0/s1. The molecule has 3 saturated heterocycles. The highest BCUT2D eigenvalue weighted by molar-refractivity contribution is 5.75. The third kappa shape index (κ3) is 2.42. The van der Waals surface area contributed by atoms with Crippen molar-refractivity contribution < 1.29 is 9.53 Å². The van der Waals surface area contributed by atoms with Gasteiger partial charge in [-0.05, 0) is 26.3 Å². The second-order valence-electron chi connectivity index (χ2n) is 6.86. The first-order valence-electron chi connectivity index (χ1n) is 7.86. The van der Waals surface area contributed by atoms with E-state index in [0.717, 1.165) is 52.3 Å². The molecule has 0 saturated carbocycles. The zero-order valence-corrected chi connectivity index (χ0v) is 12.8. The minimum absolute atomic E-state index is 0.264. The number of nitrogens with zero attached hydrogens (tertiary/aromatic N) is 3. The molecule has 5 nitrogen and oxygen atoms in total. The summed E-state index contributed by atoms with van der Waals surface area (Å²) in [5.74, 6) is 0.564. The smallest absolute Gasteiger partial charge is 0.320 e. The first-order valence-corrected chi connectivity index (χ1v) is 7.86. The molecule has 0 aromatic heterocycles. The maximum atomic E-state index is 12.5. The molecule has 0 bridgehead atoms. The summed E-state index contributed by atoms with van der Waals surface area (Å²) in [5, 5.41) is 0. The molecule has 20 heavy (non-hydrogen) atoms. The summed E-state index contributed by atoms with van der Waals surface area (Å²) >= 11 is 0. The first-order chi connectivity index (χ1) is 9.64. The lowest BCUT2D eigenvalue weighted by molar-refractivity contribution is 0.0960. The van der Waals surface area contributed by atoms with Crippen molar-refractivity contribution in [3.8, 4) is 0 Å². The van der Waals surface area contributed by atoms with E-state index >= 15 is 0 Å². The lowest BCUT2D eigenvalue weighted by Crippen LogP contribution is -2.43. The maximum absolute atomic E-state index is 12.5. The van der Waals surface area contributed by atoms with E-state index in [-0.39, 0.29) is 11.4 Å². The summed E-state index contributed by atoms with van der Waals surface area (Å²) < 4.78 is 5.42. The highest BCUT2D eigenvalue weighted by atomic mass is 16.5. The van der Waals surface area contributed by atoms with Crippen molar-refractivity contribution in [2.45, 2.75) is 19.3 Å². The Bertz CT molecular complexity index is 370. The van der Waals surface area contributed by atoms with Crippen molar-refractivity contribution in [1.29, 1.82) is 0 Å². The molecule has 0 radical (unpaired) electrons. The Morgan fingerprint density at radius 2 is 1.95 bits per heavy atom. The van der Waals surface area contributed by atoms with Crippen molar-refractivity contribution in [1.82, 2.24) is 14.7 Å². The van der Waals surface area contributed by atoms with E-state index in [2.05, 4.69) is 16.8 Å². The van der Waals surface area contributed by atoms with Crippen LogP contribution in [0, 0.1) is 11.3 Å². The highest BCUT2D eigenvalue weighted by Crippen LogP contribution is 2.43. The van der Waals surface area contributed by atoms with Crippen molar-refractivity contribution in [3.63, 3.8) is 0 Å². The summed E-state index contributed by atoms with van der Waals surface area (Å²) in [4.78, 5) is 19.1. The summed E-state index contributed by atoms with van der Waals surface area (Å²) in [7, 11) is 3.97. The van der Waals surface area contributed by atoms with Gasteiger partial charge in [-0.15, -0.1) is 0 Å². The number of ether oxygens (including phenoxy) is 1. The van der Waals surface area contributed by atoms with Gasteiger partial charge in [0.05, 0.1) is 6.61 Å². The Balaban J connectivity index is 1.66. The van der Waals surface area contributed by atoms with E-state index in [1.54, 1.807) is 7.11 Å². The molecule has 0 N–H and O–H groups in total. The van der Waals surface area contributed by atoms with Crippen LogP contribution in [0.5, 0.6) is 0 Å². The van der Waals surface area contributed by atoms with E-state index in [4.69, 9.17) is 4.74 Å². The number of likely N-dealkylation sites (tertiary alicyclic amines) is 3. The normalized spacial score (nSPS) is 34.6. The van der Waals surface area contributed by atoms with Crippen LogP contribution in [-0.2, 0) is 4.74 Å². The first kappa shape index (κ1) is 14.1. The summed E-state index contributed by atoms with van der Waals surface area (Å²) in [5.41, 5.74) is 0.264. The van der Waals surface area contributed by atoms with Gasteiger partial charge in [-0.2, -0.15) is 0 Å². The molecule has 0 aromatic carbocycles. The van der Waals surface area contributed by atoms with Crippen LogP contribution in [0.25, 0.3) is 0 Å². The topological polar surface area (TPSA) is 36.0 Å². The Kier molecular flexibility index (Phi) is 3.91. The van der Waals surface area contributed by atoms with Crippen molar-refractivity contribution >= 4 is 6.03 Å². The lowest BCUT2D eigenvalue weighted by Gasteiger charge is -2.31. The molecule has 3 heterocycles. The Morgan fingerprint density at radius 1 is 1.20 bits per heavy atom. The number of amides is 2. The molecule has 0 unspecified atom stereocenters. The molecule has 0 aliphatic carbocycles. The van der Waals surface area contributed by atoms with Crippen LogP contribution in [0.4, 0.5) is 4.79 Å². The van der Waals surface area contributed by atoms with Gasteiger partial charge in [0.1, 0.15) is 0 Å². The lowest BCUT2D eigenvalue weighted by atomic mass is 9.78. The SMILES string of the molecule is COC[C@@H]1CN(C)C[C@@]12CCN(C(=O)N1CCCC1)C2. The van der Waals surface area contributed by atoms with Crippen molar-refractivity contribution in [3.05, 3.63) is 0 Å². The van der Waals surface area contributed by atoms with Crippen LogP contribution < -0.4 is 0 Å². The molecule has 3 aliphatic rings. The van der Waals surface area contributed by atoms with Gasteiger partial charge < -0.3 is 19.4 Å². The highest BCUT2D eigenvalue weighted by Gasteiger charge is 2.50. The quantitative estimate of drug-likeness (QED) is 0.760. The van der Waals surface area contributed by atoms with Crippen LogP contribution in [0.1, 0.15) is 19.3 Å². The van der Waals surface area contributed by atoms with Crippen LogP contribution in [-0.4, -0.2) is 80.8 Å². The van der Waals surface area contributed by atoms with Crippen LogP contribution in [0.2, 0.25) is 0 Å². The Morgan fingerprint density at radius 3 is 2.65 bits per heavy atom. The fourth-order valence-corrected chi connectivity index (χ4v) is 4.36. The third-order valence-electron chi connectivity index (χ3n) is 5.38. The second kappa shape index (κ2) is 5.53. The molecule has 1 spiro atoms. The molecule has 5 heteroatoms. The molecule has 3 aliphatic heterocycles. The van der Waals surface area contributed by atoms with E-state index in [1.165, 1.54) is 12.8 Å². The molecule has 0 aromatic rings. The van der Waals surface area contributed by atoms with Crippen LogP contribution in [0.3, 0.4) is 0 Å². The van der Waals surface area contributed by atoms with Gasteiger partial charge in [0, 0.05) is 57.7 Å². The summed E-state index contributed by atoms with van der Waals surface area (Å²) in [6.45, 7) is 6.75. The molecular formula is C15H27N3O2. The minimum atomic E-state index is 0.264. The second-order valence-corrected chi connectivity index (χ2v) is 6.86. The molecular weight excluding hydrogens is 254 g/mol. The number of rotatable bonds is 2. The van der Waals surface area contributed by atoms with E-state index in [1.807, 2.05) is 4.90 Å². The fourth-order valence-electron chi connectivity index (χ4n) is 4.36. The third-order valence-corrected chi connectivity index (χ3v) is 5.38. The van der Waals surface area contributed by atoms with E-state index < -0.39 is 0 Å². The van der Waals surface area contributed by atoms with Crippen molar-refractivity contribution in [2.24, 2.45) is 11.3 Å². The van der Waals surface area contributed by atoms with Crippen LogP contribution >= 0.6 is 0 Å². The molecule has 3 fully saturated rings. The van der Waals surface area contributed by atoms with Crippen molar-refractivity contribution in [2.75, 3.05) is 60.0 Å². The average Bonchev–Trinajstić information content (AvgIpc) is 3.12. The summed E-state index contributed by atoms with van der Waals surface area (Å²) in [6.07, 6.45) is 3.46. The monoisotopic (exact) mass is 281 g/mol. The summed E-state index contributed by atoms with van der Waals surface area (Å²) in [6, 6.07) is 0.269. The number of urea groups is 1.